The van der Waals surface area contributed by atoms with E-state index in [1.165, 1.54) is 30.5 Å². The second-order valence-corrected chi connectivity index (χ2v) is 4.57. The predicted molar refractivity (Wildman–Crippen MR) is 68.7 cm³/mol. The highest BCUT2D eigenvalue weighted by Gasteiger charge is 2.14. The van der Waals surface area contributed by atoms with Crippen LogP contribution in [-0.4, -0.2) is 19.6 Å². The molecular formula is C14H22N2. The number of hydrogen-bond acceptors (Lipinski definition) is 2. The molecule has 1 saturated heterocycles. The Morgan fingerprint density at radius 1 is 1.31 bits per heavy atom. The second-order valence-electron chi connectivity index (χ2n) is 4.57. The van der Waals surface area contributed by atoms with Gasteiger partial charge in [0.25, 0.3) is 0 Å². The van der Waals surface area contributed by atoms with Crippen LogP contribution in [0.4, 0.5) is 0 Å². The van der Waals surface area contributed by atoms with Crippen LogP contribution in [0.2, 0.25) is 0 Å². The van der Waals surface area contributed by atoms with E-state index in [0.717, 1.165) is 25.6 Å². The smallest absolute Gasteiger partial charge is 0.0205 e. The molecule has 1 heterocycles. The number of benzene rings is 1. The molecule has 16 heavy (non-hydrogen) atoms. The Kier molecular flexibility index (Phi) is 4.37. The molecule has 1 fully saturated rings. The Labute approximate surface area is 98.4 Å². The van der Waals surface area contributed by atoms with Gasteiger partial charge >= 0.3 is 0 Å². The van der Waals surface area contributed by atoms with Crippen LogP contribution in [0.1, 0.15) is 36.8 Å². The monoisotopic (exact) mass is 218 g/mol. The van der Waals surface area contributed by atoms with Crippen LogP contribution >= 0.6 is 0 Å². The number of hydrogen-bond donors (Lipinski definition) is 2. The van der Waals surface area contributed by atoms with Gasteiger partial charge in [-0.05, 0) is 43.0 Å². The van der Waals surface area contributed by atoms with Gasteiger partial charge in [-0.1, -0.05) is 31.2 Å². The van der Waals surface area contributed by atoms with Crippen LogP contribution in [-0.2, 0) is 6.54 Å². The summed E-state index contributed by atoms with van der Waals surface area (Å²) in [6.45, 7) is 6.50. The van der Waals surface area contributed by atoms with Crippen LogP contribution in [0.3, 0.4) is 0 Å². The van der Waals surface area contributed by atoms with Crippen molar-refractivity contribution in [1.29, 1.82) is 0 Å². The molecule has 88 valence electrons. The van der Waals surface area contributed by atoms with Gasteiger partial charge in [0, 0.05) is 13.1 Å². The number of rotatable bonds is 4. The highest BCUT2D eigenvalue weighted by atomic mass is 14.9. The van der Waals surface area contributed by atoms with Crippen LogP contribution in [0.5, 0.6) is 0 Å². The molecule has 1 atom stereocenters. The molecule has 1 aliphatic rings. The van der Waals surface area contributed by atoms with E-state index in [1.807, 2.05) is 0 Å². The van der Waals surface area contributed by atoms with Gasteiger partial charge in [-0.15, -0.1) is 0 Å². The molecule has 1 unspecified atom stereocenters. The molecule has 0 amide bonds. The summed E-state index contributed by atoms with van der Waals surface area (Å²) in [4.78, 5) is 0. The van der Waals surface area contributed by atoms with Crippen molar-refractivity contribution >= 4 is 0 Å². The van der Waals surface area contributed by atoms with E-state index in [-0.39, 0.29) is 0 Å². The highest BCUT2D eigenvalue weighted by Crippen LogP contribution is 2.23. The van der Waals surface area contributed by atoms with Gasteiger partial charge < -0.3 is 10.6 Å². The van der Waals surface area contributed by atoms with Crippen molar-refractivity contribution in [1.82, 2.24) is 10.6 Å². The second kappa shape index (κ2) is 6.02. The fourth-order valence-electron chi connectivity index (χ4n) is 2.31. The normalized spacial score (nSPS) is 20.9. The highest BCUT2D eigenvalue weighted by molar-refractivity contribution is 5.26. The average Bonchev–Trinajstić information content (AvgIpc) is 2.38. The van der Waals surface area contributed by atoms with Crippen LogP contribution in [0, 0.1) is 0 Å². The third-order valence-electron chi connectivity index (χ3n) is 3.33. The lowest BCUT2D eigenvalue weighted by atomic mass is 9.91. The van der Waals surface area contributed by atoms with Crippen molar-refractivity contribution in [3.8, 4) is 0 Å². The summed E-state index contributed by atoms with van der Waals surface area (Å²) in [5.74, 6) is 0.724. The number of nitrogens with one attached hydrogen (secondary N) is 2. The molecule has 0 radical (unpaired) electrons. The Balaban J connectivity index is 1.95. The van der Waals surface area contributed by atoms with Crippen molar-refractivity contribution < 1.29 is 0 Å². The molecule has 0 spiro atoms. The molecule has 1 aromatic carbocycles. The van der Waals surface area contributed by atoms with E-state index >= 15 is 0 Å². The first-order valence-corrected chi connectivity index (χ1v) is 6.40. The van der Waals surface area contributed by atoms with Crippen LogP contribution in [0.15, 0.2) is 24.3 Å². The fourth-order valence-corrected chi connectivity index (χ4v) is 2.31. The zero-order chi connectivity index (χ0) is 11.2. The maximum Gasteiger partial charge on any atom is 0.0205 e. The van der Waals surface area contributed by atoms with Gasteiger partial charge in [-0.2, -0.15) is 0 Å². The van der Waals surface area contributed by atoms with Gasteiger partial charge in [0.15, 0.2) is 0 Å². The fraction of sp³-hybridized carbons (Fsp3) is 0.571. The molecule has 2 N–H and O–H groups in total. The average molecular weight is 218 g/mol. The van der Waals surface area contributed by atoms with E-state index in [2.05, 4.69) is 41.8 Å². The minimum absolute atomic E-state index is 0.724. The third-order valence-corrected chi connectivity index (χ3v) is 3.33. The summed E-state index contributed by atoms with van der Waals surface area (Å²) in [6, 6.07) is 9.11. The van der Waals surface area contributed by atoms with Gasteiger partial charge in [0.05, 0.1) is 0 Å². The Morgan fingerprint density at radius 3 is 2.75 bits per heavy atom. The van der Waals surface area contributed by atoms with Crippen molar-refractivity contribution in [3.05, 3.63) is 35.4 Å². The molecule has 0 saturated carbocycles. The standard InChI is InChI=1S/C14H22N2/c1-2-15-10-12-5-7-13(8-6-12)14-4-3-9-16-11-14/h5-8,14-16H,2-4,9-11H2,1H3. The predicted octanol–water partition coefficient (Wildman–Crippen LogP) is 2.26. The Bertz CT molecular complexity index is 299. The summed E-state index contributed by atoms with van der Waals surface area (Å²) in [5.41, 5.74) is 2.88. The SMILES string of the molecule is CCNCc1ccc(C2CCCNC2)cc1. The molecular weight excluding hydrogens is 196 g/mol. The zero-order valence-electron chi connectivity index (χ0n) is 10.1. The Morgan fingerprint density at radius 2 is 2.12 bits per heavy atom. The van der Waals surface area contributed by atoms with Gasteiger partial charge in [-0.25, -0.2) is 0 Å². The third kappa shape index (κ3) is 3.06. The first-order valence-electron chi connectivity index (χ1n) is 6.40. The Hall–Kier alpha value is -0.860. The van der Waals surface area contributed by atoms with Crippen molar-refractivity contribution in [2.75, 3.05) is 19.6 Å². The molecule has 0 aromatic heterocycles. The van der Waals surface area contributed by atoms with Crippen molar-refractivity contribution in [2.24, 2.45) is 0 Å². The van der Waals surface area contributed by atoms with Gasteiger partial charge in [-0.3, -0.25) is 0 Å². The largest absolute Gasteiger partial charge is 0.316 e. The quantitative estimate of drug-likeness (QED) is 0.810. The summed E-state index contributed by atoms with van der Waals surface area (Å²) in [7, 11) is 0. The van der Waals surface area contributed by atoms with Crippen molar-refractivity contribution in [2.45, 2.75) is 32.2 Å². The van der Waals surface area contributed by atoms with E-state index in [4.69, 9.17) is 0 Å². The lowest BCUT2D eigenvalue weighted by Crippen LogP contribution is -2.28. The number of piperidine rings is 1. The van der Waals surface area contributed by atoms with Crippen molar-refractivity contribution in [3.63, 3.8) is 0 Å². The topological polar surface area (TPSA) is 24.1 Å². The van der Waals surface area contributed by atoms with E-state index in [1.54, 1.807) is 0 Å². The molecule has 1 aliphatic heterocycles. The molecule has 0 aliphatic carbocycles. The molecule has 2 nitrogen and oxygen atoms in total. The van der Waals surface area contributed by atoms with E-state index in [0.29, 0.717) is 0 Å². The summed E-state index contributed by atoms with van der Waals surface area (Å²) < 4.78 is 0. The minimum Gasteiger partial charge on any atom is -0.316 e. The summed E-state index contributed by atoms with van der Waals surface area (Å²) in [5, 5.41) is 6.82. The van der Waals surface area contributed by atoms with Gasteiger partial charge in [0.2, 0.25) is 0 Å². The van der Waals surface area contributed by atoms with E-state index < -0.39 is 0 Å². The molecule has 2 heteroatoms. The maximum atomic E-state index is 3.47. The maximum absolute atomic E-state index is 3.47. The van der Waals surface area contributed by atoms with Crippen LogP contribution in [0.25, 0.3) is 0 Å². The van der Waals surface area contributed by atoms with Crippen LogP contribution < -0.4 is 10.6 Å². The first kappa shape index (κ1) is 11.6. The van der Waals surface area contributed by atoms with E-state index in [9.17, 15) is 0 Å². The summed E-state index contributed by atoms with van der Waals surface area (Å²) >= 11 is 0. The van der Waals surface area contributed by atoms with Gasteiger partial charge in [0.1, 0.15) is 0 Å². The lowest BCUT2D eigenvalue weighted by molar-refractivity contribution is 0.461. The molecule has 0 bridgehead atoms. The first-order chi connectivity index (χ1) is 7.90. The zero-order valence-corrected chi connectivity index (χ0v) is 10.1. The molecule has 1 aromatic rings. The minimum atomic E-state index is 0.724. The summed E-state index contributed by atoms with van der Waals surface area (Å²) in [6.07, 6.45) is 2.64. The molecule has 2 rings (SSSR count). The lowest BCUT2D eigenvalue weighted by Gasteiger charge is -2.23.